The fourth-order valence-electron chi connectivity index (χ4n) is 3.88. The molecule has 0 unspecified atom stereocenters. The zero-order valence-electron chi connectivity index (χ0n) is 17.1. The van der Waals surface area contributed by atoms with Crippen LogP contribution in [0.3, 0.4) is 0 Å². The Morgan fingerprint density at radius 2 is 2.00 bits per heavy atom. The van der Waals surface area contributed by atoms with Gasteiger partial charge in [0.05, 0.1) is 22.2 Å². The lowest BCUT2D eigenvalue weighted by molar-refractivity contribution is 0.0941. The van der Waals surface area contributed by atoms with Gasteiger partial charge in [-0.2, -0.15) is 9.40 Å². The van der Waals surface area contributed by atoms with Crippen LogP contribution >= 0.6 is 0 Å². The molecule has 9 heteroatoms. The van der Waals surface area contributed by atoms with Crippen molar-refractivity contribution < 1.29 is 13.2 Å². The molecule has 8 nitrogen and oxygen atoms in total. The molecule has 3 aromatic rings. The van der Waals surface area contributed by atoms with Crippen molar-refractivity contribution in [1.29, 1.82) is 0 Å². The number of pyridine rings is 1. The summed E-state index contributed by atoms with van der Waals surface area (Å²) in [5.74, 6) is 0.0882. The van der Waals surface area contributed by atoms with E-state index in [0.29, 0.717) is 53.8 Å². The van der Waals surface area contributed by atoms with Gasteiger partial charge < -0.3 is 5.32 Å². The Morgan fingerprint density at radius 1 is 1.23 bits per heavy atom. The fourth-order valence-corrected chi connectivity index (χ4v) is 5.54. The summed E-state index contributed by atoms with van der Waals surface area (Å²) in [6, 6.07) is 7.05. The number of piperidine rings is 1. The van der Waals surface area contributed by atoms with Gasteiger partial charge in [0.15, 0.2) is 0 Å². The van der Waals surface area contributed by atoms with Crippen molar-refractivity contribution in [1.82, 2.24) is 24.4 Å². The third kappa shape index (κ3) is 3.95. The average Bonchev–Trinajstić information content (AvgIpc) is 3.19. The summed E-state index contributed by atoms with van der Waals surface area (Å²) < 4.78 is 29.7. The molecule has 1 N–H and O–H groups in total. The number of aryl methyl sites for hydroxylation is 2. The summed E-state index contributed by atoms with van der Waals surface area (Å²) >= 11 is 0. The molecule has 0 bridgehead atoms. The largest absolute Gasteiger partial charge is 0.352 e. The quantitative estimate of drug-likeness (QED) is 0.673. The molecule has 1 aliphatic rings. The molecule has 0 saturated carbocycles. The highest BCUT2D eigenvalue weighted by molar-refractivity contribution is 7.89. The van der Waals surface area contributed by atoms with Gasteiger partial charge in [-0.25, -0.2) is 8.42 Å². The van der Waals surface area contributed by atoms with Crippen molar-refractivity contribution in [3.05, 3.63) is 54.0 Å². The first-order valence-corrected chi connectivity index (χ1v) is 11.4. The van der Waals surface area contributed by atoms with Gasteiger partial charge in [0.1, 0.15) is 0 Å². The average molecular weight is 428 g/mol. The molecule has 4 rings (SSSR count). The zero-order chi connectivity index (χ0) is 21.3. The molecule has 30 heavy (non-hydrogen) atoms. The number of carbonyl (C=O) groups excluding carboxylic acids is 1. The van der Waals surface area contributed by atoms with Crippen LogP contribution in [0.25, 0.3) is 10.9 Å². The predicted molar refractivity (Wildman–Crippen MR) is 114 cm³/mol. The Morgan fingerprint density at radius 3 is 2.70 bits per heavy atom. The van der Waals surface area contributed by atoms with Gasteiger partial charge >= 0.3 is 0 Å². The van der Waals surface area contributed by atoms with Crippen LogP contribution in [0.15, 0.2) is 47.8 Å². The molecule has 0 aliphatic carbocycles. The van der Waals surface area contributed by atoms with Gasteiger partial charge in [-0.3, -0.25) is 14.5 Å². The molecule has 1 aliphatic heterocycles. The topological polar surface area (TPSA) is 97.2 Å². The van der Waals surface area contributed by atoms with Crippen LogP contribution in [0.1, 0.15) is 28.8 Å². The third-order valence-electron chi connectivity index (χ3n) is 5.64. The van der Waals surface area contributed by atoms with E-state index < -0.39 is 10.0 Å². The lowest BCUT2D eigenvalue weighted by atomic mass is 9.98. The van der Waals surface area contributed by atoms with Crippen LogP contribution < -0.4 is 5.32 Å². The number of nitrogens with zero attached hydrogens (tertiary/aromatic N) is 4. The first-order chi connectivity index (χ1) is 14.4. The lowest BCUT2D eigenvalue weighted by Crippen LogP contribution is -2.41. The van der Waals surface area contributed by atoms with Crippen molar-refractivity contribution in [2.24, 2.45) is 13.0 Å². The maximum absolute atomic E-state index is 13.3. The van der Waals surface area contributed by atoms with Crippen LogP contribution in [0.5, 0.6) is 0 Å². The second-order valence-electron chi connectivity index (χ2n) is 7.74. The number of nitrogens with one attached hydrogen (secondary N) is 1. The molecular weight excluding hydrogens is 402 g/mol. The fraction of sp³-hybridized carbons (Fsp3) is 0.381. The number of aromatic nitrogens is 3. The monoisotopic (exact) mass is 427 g/mol. The highest BCUT2D eigenvalue weighted by atomic mass is 32.2. The number of benzene rings is 1. The van der Waals surface area contributed by atoms with Gasteiger partial charge in [0, 0.05) is 44.5 Å². The number of sulfonamides is 1. The summed E-state index contributed by atoms with van der Waals surface area (Å²) in [6.45, 7) is 3.33. The van der Waals surface area contributed by atoms with Crippen LogP contribution in [-0.2, 0) is 17.1 Å². The van der Waals surface area contributed by atoms with Crippen LogP contribution in [-0.4, -0.2) is 53.0 Å². The Balaban J connectivity index is 1.41. The van der Waals surface area contributed by atoms with Crippen molar-refractivity contribution in [2.45, 2.75) is 24.7 Å². The molecule has 2 aromatic heterocycles. The predicted octanol–water partition coefficient (Wildman–Crippen LogP) is 2.11. The summed E-state index contributed by atoms with van der Waals surface area (Å²) in [4.78, 5) is 16.8. The maximum atomic E-state index is 13.3. The van der Waals surface area contributed by atoms with Gasteiger partial charge in [-0.1, -0.05) is 6.07 Å². The first-order valence-electron chi connectivity index (χ1n) is 9.97. The van der Waals surface area contributed by atoms with E-state index in [0.717, 1.165) is 5.56 Å². The molecule has 1 amide bonds. The van der Waals surface area contributed by atoms with Crippen molar-refractivity contribution >= 4 is 26.8 Å². The van der Waals surface area contributed by atoms with Gasteiger partial charge in [0.2, 0.25) is 10.0 Å². The SMILES string of the molecule is Cc1ccc(S(=O)(=O)N2CCC(CNC(=O)c3cnn(C)c3)CC2)c2cccnc12. The molecule has 0 spiro atoms. The van der Waals surface area contributed by atoms with Crippen LogP contribution in [0.2, 0.25) is 0 Å². The third-order valence-corrected chi connectivity index (χ3v) is 7.60. The first kappa shape index (κ1) is 20.5. The number of hydrogen-bond acceptors (Lipinski definition) is 5. The molecule has 0 radical (unpaired) electrons. The van der Waals surface area contributed by atoms with E-state index in [4.69, 9.17) is 0 Å². The van der Waals surface area contributed by atoms with Crippen molar-refractivity contribution in [2.75, 3.05) is 19.6 Å². The Bertz CT molecular complexity index is 1180. The molecule has 1 saturated heterocycles. The lowest BCUT2D eigenvalue weighted by Gasteiger charge is -2.31. The summed E-state index contributed by atoms with van der Waals surface area (Å²) in [7, 11) is -1.84. The van der Waals surface area contributed by atoms with E-state index in [1.54, 1.807) is 40.6 Å². The summed E-state index contributed by atoms with van der Waals surface area (Å²) in [5.41, 5.74) is 2.19. The number of rotatable bonds is 5. The van der Waals surface area contributed by atoms with E-state index in [1.807, 2.05) is 19.1 Å². The standard InChI is InChI=1S/C21H25N5O3S/c1-15-5-6-19(18-4-3-9-22-20(15)18)30(28,29)26-10-7-16(8-11-26)12-23-21(27)17-13-24-25(2)14-17/h3-6,9,13-14,16H,7-8,10-12H2,1-2H3,(H,23,27). The Labute approximate surface area is 176 Å². The maximum Gasteiger partial charge on any atom is 0.254 e. The van der Waals surface area contributed by atoms with Crippen molar-refractivity contribution in [3.63, 3.8) is 0 Å². The van der Waals surface area contributed by atoms with E-state index >= 15 is 0 Å². The second kappa shape index (κ2) is 8.16. The minimum Gasteiger partial charge on any atom is -0.352 e. The van der Waals surface area contributed by atoms with Gasteiger partial charge in [-0.05, 0) is 49.4 Å². The van der Waals surface area contributed by atoms with Crippen LogP contribution in [0, 0.1) is 12.8 Å². The molecule has 1 aromatic carbocycles. The highest BCUT2D eigenvalue weighted by Gasteiger charge is 2.31. The van der Waals surface area contributed by atoms with Crippen LogP contribution in [0.4, 0.5) is 0 Å². The second-order valence-corrected chi connectivity index (χ2v) is 9.65. The van der Waals surface area contributed by atoms with Gasteiger partial charge in [-0.15, -0.1) is 0 Å². The van der Waals surface area contributed by atoms with Gasteiger partial charge in [0.25, 0.3) is 5.91 Å². The smallest absolute Gasteiger partial charge is 0.254 e. The van der Waals surface area contributed by atoms with E-state index in [1.165, 1.54) is 6.20 Å². The summed E-state index contributed by atoms with van der Waals surface area (Å²) in [6.07, 6.45) is 6.29. The van der Waals surface area contributed by atoms with E-state index in [2.05, 4.69) is 15.4 Å². The van der Waals surface area contributed by atoms with E-state index in [-0.39, 0.29) is 11.8 Å². The normalized spacial score (nSPS) is 16.1. The number of carbonyl (C=O) groups is 1. The minimum absolute atomic E-state index is 0.156. The molecule has 3 heterocycles. The molecular formula is C21H25N5O3S. The van der Waals surface area contributed by atoms with E-state index in [9.17, 15) is 13.2 Å². The zero-order valence-corrected chi connectivity index (χ0v) is 17.9. The molecule has 0 atom stereocenters. The molecule has 158 valence electrons. The minimum atomic E-state index is -3.61. The molecule has 1 fully saturated rings. The Kier molecular flexibility index (Phi) is 5.57. The van der Waals surface area contributed by atoms with Crippen molar-refractivity contribution in [3.8, 4) is 0 Å². The highest BCUT2D eigenvalue weighted by Crippen LogP contribution is 2.29. The Hall–Kier alpha value is -2.78. The number of amides is 1. The number of fused-ring (bicyclic) bond motifs is 1. The number of hydrogen-bond donors (Lipinski definition) is 1. The summed E-state index contributed by atoms with van der Waals surface area (Å²) in [5, 5.41) is 7.59.